The normalized spacial score (nSPS) is 18.4. The minimum atomic E-state index is -0.528. The van der Waals surface area contributed by atoms with Gasteiger partial charge >= 0.3 is 6.03 Å². The number of carbonyl (C=O) groups excluding carboxylic acids is 3. The molecule has 1 aliphatic heterocycles. The zero-order chi connectivity index (χ0) is 15.4. The molecule has 1 aromatic rings. The van der Waals surface area contributed by atoms with Crippen molar-refractivity contribution in [2.24, 2.45) is 5.92 Å². The molecule has 2 N–H and O–H groups in total. The molecule has 0 aliphatic carbocycles. The lowest BCUT2D eigenvalue weighted by molar-refractivity contribution is -0.137. The first-order valence-electron chi connectivity index (χ1n) is 6.57. The van der Waals surface area contributed by atoms with Gasteiger partial charge in [0.25, 0.3) is 0 Å². The van der Waals surface area contributed by atoms with E-state index in [4.69, 9.17) is 11.6 Å². The van der Waals surface area contributed by atoms with Gasteiger partial charge in [-0.3, -0.25) is 14.5 Å². The molecule has 0 aromatic heterocycles. The predicted octanol–water partition coefficient (Wildman–Crippen LogP) is 1.14. The van der Waals surface area contributed by atoms with Gasteiger partial charge in [-0.05, 0) is 17.7 Å². The van der Waals surface area contributed by atoms with Crippen molar-refractivity contribution in [2.45, 2.75) is 13.5 Å². The van der Waals surface area contributed by atoms with E-state index in [0.717, 1.165) is 10.5 Å². The number of urea groups is 1. The fraction of sp³-hybridized carbons (Fsp3) is 0.357. The smallest absolute Gasteiger partial charge is 0.324 e. The number of carbonyl (C=O) groups is 3. The number of hydrogen-bond donors (Lipinski definition) is 2. The van der Waals surface area contributed by atoms with E-state index in [0.29, 0.717) is 18.1 Å². The van der Waals surface area contributed by atoms with Gasteiger partial charge in [0.05, 0.1) is 5.92 Å². The lowest BCUT2D eigenvalue weighted by Crippen LogP contribution is -2.56. The Balaban J connectivity index is 1.87. The molecule has 2 rings (SSSR count). The number of benzene rings is 1. The SMILES string of the molecule is CC1CNC(=O)N(CC(=O)NCc2ccc(Cl)cc2)C1=O. The number of rotatable bonds is 4. The zero-order valence-electron chi connectivity index (χ0n) is 11.6. The summed E-state index contributed by atoms with van der Waals surface area (Å²) in [5, 5.41) is 5.85. The average Bonchev–Trinajstić information content (AvgIpc) is 2.47. The molecule has 1 fully saturated rings. The van der Waals surface area contributed by atoms with Crippen LogP contribution >= 0.6 is 11.6 Å². The molecule has 1 atom stereocenters. The van der Waals surface area contributed by atoms with E-state index in [9.17, 15) is 14.4 Å². The second-order valence-corrected chi connectivity index (χ2v) is 5.35. The highest BCUT2D eigenvalue weighted by Gasteiger charge is 2.32. The Morgan fingerprint density at radius 3 is 2.71 bits per heavy atom. The quantitative estimate of drug-likeness (QED) is 0.875. The molecule has 7 heteroatoms. The van der Waals surface area contributed by atoms with E-state index in [-0.39, 0.29) is 24.3 Å². The van der Waals surface area contributed by atoms with Gasteiger partial charge in [-0.2, -0.15) is 0 Å². The lowest BCUT2D eigenvalue weighted by atomic mass is 10.1. The molecule has 1 aromatic carbocycles. The molecule has 0 bridgehead atoms. The van der Waals surface area contributed by atoms with Crippen LogP contribution in [0.4, 0.5) is 4.79 Å². The molecule has 1 heterocycles. The van der Waals surface area contributed by atoms with Crippen LogP contribution in [0.15, 0.2) is 24.3 Å². The molecule has 0 radical (unpaired) electrons. The number of nitrogens with one attached hydrogen (secondary N) is 2. The summed E-state index contributed by atoms with van der Waals surface area (Å²) in [4.78, 5) is 36.2. The van der Waals surface area contributed by atoms with Gasteiger partial charge in [0.1, 0.15) is 6.54 Å². The number of hydrogen-bond acceptors (Lipinski definition) is 3. The van der Waals surface area contributed by atoms with Gasteiger partial charge in [0.2, 0.25) is 11.8 Å². The van der Waals surface area contributed by atoms with Crippen LogP contribution in [0, 0.1) is 5.92 Å². The van der Waals surface area contributed by atoms with Gasteiger partial charge in [-0.15, -0.1) is 0 Å². The van der Waals surface area contributed by atoms with Gasteiger partial charge in [0, 0.05) is 18.1 Å². The zero-order valence-corrected chi connectivity index (χ0v) is 12.3. The Hall–Kier alpha value is -2.08. The van der Waals surface area contributed by atoms with Crippen LogP contribution in [0.25, 0.3) is 0 Å². The first-order valence-corrected chi connectivity index (χ1v) is 6.95. The Labute approximate surface area is 127 Å². The number of nitrogens with zero attached hydrogens (tertiary/aromatic N) is 1. The summed E-state index contributed by atoms with van der Waals surface area (Å²) >= 11 is 5.77. The van der Waals surface area contributed by atoms with Crippen LogP contribution in [-0.4, -0.2) is 35.8 Å². The number of imide groups is 1. The minimum absolute atomic E-state index is 0.275. The van der Waals surface area contributed by atoms with Crippen molar-refractivity contribution in [2.75, 3.05) is 13.1 Å². The molecular formula is C14H16ClN3O3. The molecule has 4 amide bonds. The van der Waals surface area contributed by atoms with E-state index < -0.39 is 6.03 Å². The summed E-state index contributed by atoms with van der Waals surface area (Å²) < 4.78 is 0. The Morgan fingerprint density at radius 2 is 2.05 bits per heavy atom. The van der Waals surface area contributed by atoms with Gasteiger partial charge in [0.15, 0.2) is 0 Å². The van der Waals surface area contributed by atoms with Gasteiger partial charge < -0.3 is 10.6 Å². The Morgan fingerprint density at radius 1 is 1.38 bits per heavy atom. The van der Waals surface area contributed by atoms with Crippen molar-refractivity contribution >= 4 is 29.4 Å². The first kappa shape index (κ1) is 15.3. The molecule has 6 nitrogen and oxygen atoms in total. The van der Waals surface area contributed by atoms with Crippen LogP contribution in [0.5, 0.6) is 0 Å². The summed E-state index contributed by atoms with van der Waals surface area (Å²) in [6.45, 7) is 2.05. The van der Waals surface area contributed by atoms with Crippen molar-refractivity contribution < 1.29 is 14.4 Å². The summed E-state index contributed by atoms with van der Waals surface area (Å²) in [7, 11) is 0. The third-order valence-corrected chi connectivity index (χ3v) is 3.45. The third kappa shape index (κ3) is 3.95. The van der Waals surface area contributed by atoms with Crippen LogP contribution in [0.1, 0.15) is 12.5 Å². The van der Waals surface area contributed by atoms with E-state index in [2.05, 4.69) is 10.6 Å². The van der Waals surface area contributed by atoms with E-state index in [1.807, 2.05) is 0 Å². The third-order valence-electron chi connectivity index (χ3n) is 3.20. The van der Waals surface area contributed by atoms with E-state index >= 15 is 0 Å². The summed E-state index contributed by atoms with van der Waals surface area (Å²) in [5.41, 5.74) is 0.885. The van der Waals surface area contributed by atoms with Crippen molar-refractivity contribution in [1.29, 1.82) is 0 Å². The number of halogens is 1. The van der Waals surface area contributed by atoms with Crippen LogP contribution in [0.2, 0.25) is 5.02 Å². The highest BCUT2D eigenvalue weighted by Crippen LogP contribution is 2.10. The van der Waals surface area contributed by atoms with Crippen molar-refractivity contribution in [3.05, 3.63) is 34.9 Å². The maximum atomic E-state index is 11.9. The molecule has 0 spiro atoms. The topological polar surface area (TPSA) is 78.5 Å². The maximum absolute atomic E-state index is 11.9. The molecular weight excluding hydrogens is 294 g/mol. The van der Waals surface area contributed by atoms with E-state index in [1.54, 1.807) is 31.2 Å². The van der Waals surface area contributed by atoms with Crippen molar-refractivity contribution in [3.8, 4) is 0 Å². The summed E-state index contributed by atoms with van der Waals surface area (Å²) in [5.74, 6) is -1.03. The highest BCUT2D eigenvalue weighted by atomic mass is 35.5. The summed E-state index contributed by atoms with van der Waals surface area (Å²) in [6.07, 6.45) is 0. The molecule has 1 saturated heterocycles. The number of amides is 4. The Bertz CT molecular complexity index is 559. The molecule has 0 saturated carbocycles. The largest absolute Gasteiger partial charge is 0.350 e. The highest BCUT2D eigenvalue weighted by molar-refractivity contribution is 6.30. The fourth-order valence-electron chi connectivity index (χ4n) is 1.94. The molecule has 21 heavy (non-hydrogen) atoms. The summed E-state index contributed by atoms with van der Waals surface area (Å²) in [6, 6.07) is 6.52. The first-order chi connectivity index (χ1) is 9.97. The lowest BCUT2D eigenvalue weighted by Gasteiger charge is -2.29. The van der Waals surface area contributed by atoms with Crippen LogP contribution < -0.4 is 10.6 Å². The Kier molecular flexibility index (Phi) is 4.80. The maximum Gasteiger partial charge on any atom is 0.324 e. The second kappa shape index (κ2) is 6.58. The molecule has 1 unspecified atom stereocenters. The molecule has 1 aliphatic rings. The minimum Gasteiger partial charge on any atom is -0.350 e. The second-order valence-electron chi connectivity index (χ2n) is 4.91. The van der Waals surface area contributed by atoms with Gasteiger partial charge in [-0.1, -0.05) is 30.7 Å². The fourth-order valence-corrected chi connectivity index (χ4v) is 2.07. The molecule has 112 valence electrons. The van der Waals surface area contributed by atoms with Crippen LogP contribution in [-0.2, 0) is 16.1 Å². The van der Waals surface area contributed by atoms with Gasteiger partial charge in [-0.25, -0.2) is 4.79 Å². The standard InChI is InChI=1S/C14H16ClN3O3/c1-9-6-17-14(21)18(13(9)20)8-12(19)16-7-10-2-4-11(15)5-3-10/h2-5,9H,6-8H2,1H3,(H,16,19)(H,17,21). The van der Waals surface area contributed by atoms with Crippen molar-refractivity contribution in [3.63, 3.8) is 0 Å². The van der Waals surface area contributed by atoms with Crippen LogP contribution in [0.3, 0.4) is 0 Å². The average molecular weight is 310 g/mol. The predicted molar refractivity (Wildman–Crippen MR) is 77.6 cm³/mol. The van der Waals surface area contributed by atoms with Crippen molar-refractivity contribution in [1.82, 2.24) is 15.5 Å². The monoisotopic (exact) mass is 309 g/mol. The van der Waals surface area contributed by atoms with E-state index in [1.165, 1.54) is 0 Å².